The van der Waals surface area contributed by atoms with Gasteiger partial charge in [0.25, 0.3) is 0 Å². The summed E-state index contributed by atoms with van der Waals surface area (Å²) >= 11 is 0. The lowest BCUT2D eigenvalue weighted by Gasteiger charge is -2.28. The van der Waals surface area contributed by atoms with Gasteiger partial charge < -0.3 is 15.8 Å². The molecule has 0 bridgehead atoms. The van der Waals surface area contributed by atoms with Gasteiger partial charge in [-0.05, 0) is 57.2 Å². The molecule has 2 rings (SSSR count). The van der Waals surface area contributed by atoms with Gasteiger partial charge in [0.1, 0.15) is 5.75 Å². The Morgan fingerprint density at radius 3 is 2.67 bits per heavy atom. The highest BCUT2D eigenvalue weighted by Gasteiger charge is 2.24. The van der Waals surface area contributed by atoms with E-state index in [-0.39, 0.29) is 36.5 Å². The van der Waals surface area contributed by atoms with Gasteiger partial charge in [-0.3, -0.25) is 4.79 Å². The summed E-state index contributed by atoms with van der Waals surface area (Å²) in [5, 5.41) is 3.09. The van der Waals surface area contributed by atoms with Crippen molar-refractivity contribution in [3.63, 3.8) is 0 Å². The molecular formula is C19H31ClN2O2. The Kier molecular flexibility index (Phi) is 8.57. The summed E-state index contributed by atoms with van der Waals surface area (Å²) in [5.41, 5.74) is 7.20. The Bertz CT molecular complexity index is 522. The molecule has 1 amide bonds. The van der Waals surface area contributed by atoms with Crippen molar-refractivity contribution in [1.82, 2.24) is 5.32 Å². The van der Waals surface area contributed by atoms with Crippen LogP contribution in [0.5, 0.6) is 5.75 Å². The molecule has 1 saturated carbocycles. The zero-order chi connectivity index (χ0) is 16.8. The van der Waals surface area contributed by atoms with Crippen LogP contribution in [-0.2, 0) is 4.79 Å². The molecule has 0 heterocycles. The Morgan fingerprint density at radius 1 is 1.29 bits per heavy atom. The van der Waals surface area contributed by atoms with E-state index in [1.807, 2.05) is 45.0 Å². The van der Waals surface area contributed by atoms with E-state index in [4.69, 9.17) is 10.5 Å². The van der Waals surface area contributed by atoms with E-state index < -0.39 is 0 Å². The van der Waals surface area contributed by atoms with Crippen LogP contribution < -0.4 is 15.8 Å². The molecule has 3 atom stereocenters. The Balaban J connectivity index is 0.00000288. The number of ether oxygens (including phenoxy) is 1. The SMILES string of the molecule is CC(C)Oc1cccc(C(C)NC(=O)CC2CCCCC2N)c1.Cl. The molecule has 1 aliphatic rings. The summed E-state index contributed by atoms with van der Waals surface area (Å²) in [6.07, 6.45) is 5.17. The molecule has 136 valence electrons. The standard InChI is InChI=1S/C19H30N2O2.ClH/c1-13(2)23-17-9-6-8-15(11-17)14(3)21-19(22)12-16-7-4-5-10-18(16)20;/h6,8-9,11,13-14,16,18H,4-5,7,10,12,20H2,1-3H3,(H,21,22);1H. The molecule has 24 heavy (non-hydrogen) atoms. The van der Waals surface area contributed by atoms with Crippen molar-refractivity contribution in [2.45, 2.75) is 71.1 Å². The number of carbonyl (C=O) groups excluding carboxylic acids is 1. The molecule has 0 radical (unpaired) electrons. The fourth-order valence-corrected chi connectivity index (χ4v) is 3.24. The molecule has 3 unspecified atom stereocenters. The maximum atomic E-state index is 12.3. The van der Waals surface area contributed by atoms with Gasteiger partial charge in [-0.2, -0.15) is 0 Å². The lowest BCUT2D eigenvalue weighted by Crippen LogP contribution is -2.37. The van der Waals surface area contributed by atoms with Crippen LogP contribution in [0.25, 0.3) is 0 Å². The monoisotopic (exact) mass is 354 g/mol. The number of nitrogens with one attached hydrogen (secondary N) is 1. The molecular weight excluding hydrogens is 324 g/mol. The van der Waals surface area contributed by atoms with Crippen molar-refractivity contribution in [3.05, 3.63) is 29.8 Å². The van der Waals surface area contributed by atoms with Crippen LogP contribution in [0.15, 0.2) is 24.3 Å². The van der Waals surface area contributed by atoms with Gasteiger partial charge in [-0.1, -0.05) is 25.0 Å². The van der Waals surface area contributed by atoms with Gasteiger partial charge in [-0.15, -0.1) is 12.4 Å². The second-order valence-corrected chi connectivity index (χ2v) is 6.94. The van der Waals surface area contributed by atoms with Crippen molar-refractivity contribution < 1.29 is 9.53 Å². The van der Waals surface area contributed by atoms with Crippen LogP contribution in [0.2, 0.25) is 0 Å². The summed E-state index contributed by atoms with van der Waals surface area (Å²) in [4.78, 5) is 12.3. The van der Waals surface area contributed by atoms with Gasteiger partial charge in [0, 0.05) is 12.5 Å². The minimum absolute atomic E-state index is 0. The van der Waals surface area contributed by atoms with Crippen LogP contribution >= 0.6 is 12.4 Å². The molecule has 0 spiro atoms. The van der Waals surface area contributed by atoms with Crippen molar-refractivity contribution in [1.29, 1.82) is 0 Å². The Hall–Kier alpha value is -1.26. The van der Waals surface area contributed by atoms with Crippen LogP contribution in [0, 0.1) is 5.92 Å². The fourth-order valence-electron chi connectivity index (χ4n) is 3.24. The van der Waals surface area contributed by atoms with Gasteiger partial charge in [0.05, 0.1) is 12.1 Å². The quantitative estimate of drug-likeness (QED) is 0.812. The first-order valence-electron chi connectivity index (χ1n) is 8.77. The third kappa shape index (κ3) is 6.33. The third-order valence-corrected chi connectivity index (χ3v) is 4.52. The molecule has 0 saturated heterocycles. The second-order valence-electron chi connectivity index (χ2n) is 6.94. The molecule has 5 heteroatoms. The van der Waals surface area contributed by atoms with Crippen molar-refractivity contribution >= 4 is 18.3 Å². The maximum absolute atomic E-state index is 12.3. The van der Waals surface area contributed by atoms with Gasteiger partial charge in [0.15, 0.2) is 0 Å². The first-order chi connectivity index (χ1) is 11.0. The van der Waals surface area contributed by atoms with E-state index in [0.717, 1.165) is 24.2 Å². The summed E-state index contributed by atoms with van der Waals surface area (Å²) in [6, 6.07) is 8.07. The predicted molar refractivity (Wildman–Crippen MR) is 101 cm³/mol. The number of carbonyl (C=O) groups is 1. The summed E-state index contributed by atoms with van der Waals surface area (Å²) in [7, 11) is 0. The number of hydrogen-bond acceptors (Lipinski definition) is 3. The van der Waals surface area contributed by atoms with E-state index in [9.17, 15) is 4.79 Å². The number of halogens is 1. The number of nitrogens with two attached hydrogens (primary N) is 1. The average molecular weight is 355 g/mol. The van der Waals surface area contributed by atoms with Gasteiger partial charge >= 0.3 is 0 Å². The van der Waals surface area contributed by atoms with E-state index in [1.165, 1.54) is 12.8 Å². The van der Waals surface area contributed by atoms with Gasteiger partial charge in [-0.25, -0.2) is 0 Å². The lowest BCUT2D eigenvalue weighted by atomic mass is 9.83. The molecule has 1 aliphatic carbocycles. The summed E-state index contributed by atoms with van der Waals surface area (Å²) < 4.78 is 5.72. The minimum Gasteiger partial charge on any atom is -0.491 e. The average Bonchev–Trinajstić information content (AvgIpc) is 2.49. The highest BCUT2D eigenvalue weighted by atomic mass is 35.5. The number of rotatable bonds is 6. The van der Waals surface area contributed by atoms with E-state index in [2.05, 4.69) is 5.32 Å². The molecule has 0 aliphatic heterocycles. The van der Waals surface area contributed by atoms with Crippen LogP contribution in [0.1, 0.15) is 64.5 Å². The topological polar surface area (TPSA) is 64.3 Å². The van der Waals surface area contributed by atoms with Crippen molar-refractivity contribution in [2.24, 2.45) is 11.7 Å². The zero-order valence-electron chi connectivity index (χ0n) is 15.0. The van der Waals surface area contributed by atoms with Gasteiger partial charge in [0.2, 0.25) is 5.91 Å². The second kappa shape index (κ2) is 9.90. The van der Waals surface area contributed by atoms with Crippen molar-refractivity contribution in [2.75, 3.05) is 0 Å². The molecule has 1 aromatic rings. The lowest BCUT2D eigenvalue weighted by molar-refractivity contribution is -0.123. The number of hydrogen-bond donors (Lipinski definition) is 2. The first kappa shape index (κ1) is 20.8. The Morgan fingerprint density at radius 2 is 2.00 bits per heavy atom. The normalized spacial score (nSPS) is 21.7. The highest BCUT2D eigenvalue weighted by molar-refractivity contribution is 5.85. The Labute approximate surface area is 151 Å². The molecule has 4 nitrogen and oxygen atoms in total. The molecule has 1 fully saturated rings. The highest BCUT2D eigenvalue weighted by Crippen LogP contribution is 2.26. The molecule has 0 aromatic heterocycles. The minimum atomic E-state index is -0.0296. The van der Waals surface area contributed by atoms with E-state index >= 15 is 0 Å². The van der Waals surface area contributed by atoms with Crippen LogP contribution in [-0.4, -0.2) is 18.1 Å². The smallest absolute Gasteiger partial charge is 0.220 e. The van der Waals surface area contributed by atoms with E-state index in [0.29, 0.717) is 12.3 Å². The van der Waals surface area contributed by atoms with Crippen molar-refractivity contribution in [3.8, 4) is 5.75 Å². The number of amides is 1. The van der Waals surface area contributed by atoms with E-state index in [1.54, 1.807) is 0 Å². The molecule has 1 aromatic carbocycles. The first-order valence-corrected chi connectivity index (χ1v) is 8.77. The number of benzene rings is 1. The van der Waals surface area contributed by atoms with Crippen LogP contribution in [0.3, 0.4) is 0 Å². The van der Waals surface area contributed by atoms with Crippen LogP contribution in [0.4, 0.5) is 0 Å². The summed E-state index contributed by atoms with van der Waals surface area (Å²) in [5.74, 6) is 1.26. The molecule has 3 N–H and O–H groups in total. The maximum Gasteiger partial charge on any atom is 0.220 e. The predicted octanol–water partition coefficient (Wildman–Crippen LogP) is 3.98. The fraction of sp³-hybridized carbons (Fsp3) is 0.632. The zero-order valence-corrected chi connectivity index (χ0v) is 15.8. The third-order valence-electron chi connectivity index (χ3n) is 4.52. The summed E-state index contributed by atoms with van der Waals surface area (Å²) in [6.45, 7) is 6.02. The largest absolute Gasteiger partial charge is 0.491 e.